The van der Waals surface area contributed by atoms with E-state index >= 15 is 0 Å². The van der Waals surface area contributed by atoms with Gasteiger partial charge in [0.15, 0.2) is 11.7 Å². The molecule has 0 aliphatic carbocycles. The van der Waals surface area contributed by atoms with E-state index in [0.717, 1.165) is 6.42 Å². The standard InChI is InChI=1S/C24H28ClN5O6/c1-23(11-19(31)30(21(26)29-23)14-9-15-7-8-24(34,10-14)36-15)16-3-2-4-17(20(16)25)28-13-5-6-18(27-12-13)35-22(32)33/h2-6,12,14-15,22,28,32-34H,7-11H2,1H3,(H2,26,29)/t14-,15?,23+,24+/m1/s1. The second kappa shape index (κ2) is 9.16. The molecule has 1 aromatic carbocycles. The van der Waals surface area contributed by atoms with Gasteiger partial charge in [-0.15, -0.1) is 0 Å². The van der Waals surface area contributed by atoms with E-state index in [1.54, 1.807) is 18.2 Å². The van der Waals surface area contributed by atoms with Crippen LogP contribution in [-0.2, 0) is 15.1 Å². The molecule has 36 heavy (non-hydrogen) atoms. The number of rotatable bonds is 6. The van der Waals surface area contributed by atoms with E-state index in [4.69, 9.17) is 42.0 Å². The van der Waals surface area contributed by atoms with Crippen molar-refractivity contribution in [2.45, 2.75) is 69.0 Å². The van der Waals surface area contributed by atoms with Crippen LogP contribution in [-0.4, -0.2) is 61.5 Å². The molecule has 12 heteroatoms. The molecular formula is C24H28ClN5O6. The molecule has 2 aromatic rings. The van der Waals surface area contributed by atoms with Crippen molar-refractivity contribution in [3.63, 3.8) is 0 Å². The van der Waals surface area contributed by atoms with Crippen molar-refractivity contribution in [3.8, 4) is 5.88 Å². The average molecular weight is 518 g/mol. The average Bonchev–Trinajstić information content (AvgIpc) is 3.07. The van der Waals surface area contributed by atoms with Crippen LogP contribution >= 0.6 is 11.6 Å². The zero-order chi connectivity index (χ0) is 25.7. The van der Waals surface area contributed by atoms with Gasteiger partial charge in [0.2, 0.25) is 11.8 Å². The third kappa shape index (κ3) is 4.72. The monoisotopic (exact) mass is 517 g/mol. The summed E-state index contributed by atoms with van der Waals surface area (Å²) in [5, 5.41) is 31.9. The SMILES string of the molecule is C[C@@]1(c2cccc(Nc3ccc(OC(O)O)nc3)c2Cl)CC(=O)N([C@@H]2CC3CC[C@@](O)(C2)O3)C(N)=N1. The van der Waals surface area contributed by atoms with Crippen LogP contribution in [0.4, 0.5) is 11.4 Å². The first-order valence-corrected chi connectivity index (χ1v) is 12.1. The number of anilines is 2. The minimum Gasteiger partial charge on any atom is -0.424 e. The molecule has 3 aliphatic heterocycles. The summed E-state index contributed by atoms with van der Waals surface area (Å²) in [7, 11) is 0. The highest BCUT2D eigenvalue weighted by atomic mass is 35.5. The molecule has 192 valence electrons. The predicted octanol–water partition coefficient (Wildman–Crippen LogP) is 1.92. The number of nitrogens with two attached hydrogens (primary N) is 1. The quantitative estimate of drug-likeness (QED) is 0.360. The highest BCUT2D eigenvalue weighted by molar-refractivity contribution is 6.34. The van der Waals surface area contributed by atoms with E-state index in [9.17, 15) is 9.90 Å². The second-order valence-electron chi connectivity index (χ2n) is 9.62. The van der Waals surface area contributed by atoms with Gasteiger partial charge in [-0.25, -0.2) is 9.98 Å². The minimum atomic E-state index is -1.96. The minimum absolute atomic E-state index is 0.0441. The Hall–Kier alpha value is -2.96. The fourth-order valence-electron chi connectivity index (χ4n) is 5.31. The van der Waals surface area contributed by atoms with Gasteiger partial charge >= 0.3 is 6.48 Å². The van der Waals surface area contributed by atoms with E-state index in [1.165, 1.54) is 17.2 Å². The number of guanidine groups is 1. The number of amides is 1. The van der Waals surface area contributed by atoms with Crippen molar-refractivity contribution in [2.75, 3.05) is 5.32 Å². The lowest BCUT2D eigenvalue weighted by Crippen LogP contribution is -2.57. The number of pyridine rings is 1. The van der Waals surface area contributed by atoms with Gasteiger partial charge < -0.3 is 35.8 Å². The third-order valence-corrected chi connectivity index (χ3v) is 7.30. The summed E-state index contributed by atoms with van der Waals surface area (Å²) in [5.41, 5.74) is 7.14. The van der Waals surface area contributed by atoms with Crippen molar-refractivity contribution < 1.29 is 29.6 Å². The Morgan fingerprint density at radius 2 is 2.14 bits per heavy atom. The van der Waals surface area contributed by atoms with Gasteiger partial charge in [0.05, 0.1) is 40.7 Å². The molecule has 1 unspecified atom stereocenters. The molecular weight excluding hydrogens is 490 g/mol. The van der Waals surface area contributed by atoms with Crippen LogP contribution in [0.1, 0.15) is 44.6 Å². The zero-order valence-corrected chi connectivity index (χ0v) is 20.4. The number of fused-ring (bicyclic) bond motifs is 2. The molecule has 11 nitrogen and oxygen atoms in total. The number of benzene rings is 1. The normalized spacial score (nSPS) is 29.9. The van der Waals surface area contributed by atoms with Gasteiger partial charge in [-0.2, -0.15) is 0 Å². The Bertz CT molecular complexity index is 1190. The maximum Gasteiger partial charge on any atom is 0.312 e. The molecule has 4 atom stereocenters. The van der Waals surface area contributed by atoms with Crippen molar-refractivity contribution in [1.82, 2.24) is 9.88 Å². The molecule has 1 aromatic heterocycles. The Morgan fingerprint density at radius 3 is 2.81 bits per heavy atom. The van der Waals surface area contributed by atoms with Crippen molar-refractivity contribution in [3.05, 3.63) is 47.1 Å². The molecule has 2 bridgehead atoms. The van der Waals surface area contributed by atoms with E-state index in [2.05, 4.69) is 10.3 Å². The third-order valence-electron chi connectivity index (χ3n) is 6.89. The van der Waals surface area contributed by atoms with Gasteiger partial charge in [-0.3, -0.25) is 9.69 Å². The molecule has 1 amide bonds. The first-order chi connectivity index (χ1) is 17.1. The molecule has 0 spiro atoms. The topological polar surface area (TPSA) is 163 Å². The van der Waals surface area contributed by atoms with Crippen molar-refractivity contribution in [2.24, 2.45) is 10.7 Å². The van der Waals surface area contributed by atoms with Gasteiger partial charge in [0, 0.05) is 30.5 Å². The van der Waals surface area contributed by atoms with Gasteiger partial charge in [-0.05, 0) is 31.9 Å². The predicted molar refractivity (Wildman–Crippen MR) is 130 cm³/mol. The molecule has 2 saturated heterocycles. The number of aromatic nitrogens is 1. The highest BCUT2D eigenvalue weighted by Gasteiger charge is 2.50. The molecule has 4 heterocycles. The molecule has 0 radical (unpaired) electrons. The summed E-state index contributed by atoms with van der Waals surface area (Å²) < 4.78 is 10.4. The Labute approximate surface area is 212 Å². The zero-order valence-electron chi connectivity index (χ0n) is 19.6. The number of hydrogen-bond donors (Lipinski definition) is 5. The first-order valence-electron chi connectivity index (χ1n) is 11.7. The fraction of sp³-hybridized carbons (Fsp3) is 0.458. The number of carbonyl (C=O) groups is 1. The fourth-order valence-corrected chi connectivity index (χ4v) is 5.69. The highest BCUT2D eigenvalue weighted by Crippen LogP contribution is 2.44. The van der Waals surface area contributed by atoms with Crippen LogP contribution in [0.15, 0.2) is 41.5 Å². The number of nitrogens with zero attached hydrogens (tertiary/aromatic N) is 3. The van der Waals surface area contributed by atoms with Crippen LogP contribution in [0.3, 0.4) is 0 Å². The van der Waals surface area contributed by atoms with Gasteiger partial charge in [0.25, 0.3) is 0 Å². The van der Waals surface area contributed by atoms with Gasteiger partial charge in [-0.1, -0.05) is 23.7 Å². The largest absolute Gasteiger partial charge is 0.424 e. The molecule has 5 rings (SSSR count). The number of aliphatic imine (C=N–C) groups is 1. The molecule has 0 saturated carbocycles. The maximum atomic E-state index is 13.4. The Kier molecular flexibility index (Phi) is 6.29. The Balaban J connectivity index is 1.38. The summed E-state index contributed by atoms with van der Waals surface area (Å²) in [6.07, 6.45) is 3.64. The van der Waals surface area contributed by atoms with Crippen molar-refractivity contribution >= 4 is 34.8 Å². The number of aliphatic hydroxyl groups excluding tert-OH is 1. The number of nitrogens with one attached hydrogen (secondary N) is 1. The van der Waals surface area contributed by atoms with Gasteiger partial charge in [0.1, 0.15) is 0 Å². The van der Waals surface area contributed by atoms with Crippen LogP contribution in [0.25, 0.3) is 0 Å². The molecule has 3 aliphatic rings. The maximum absolute atomic E-state index is 13.4. The van der Waals surface area contributed by atoms with E-state index in [-0.39, 0.29) is 36.3 Å². The second-order valence-corrected chi connectivity index (χ2v) is 10.0. The summed E-state index contributed by atoms with van der Waals surface area (Å²) in [4.78, 5) is 23.6. The number of halogens is 1. The number of aliphatic hydroxyl groups is 3. The number of ether oxygens (including phenoxy) is 2. The van der Waals surface area contributed by atoms with Crippen LogP contribution in [0.5, 0.6) is 5.88 Å². The Morgan fingerprint density at radius 1 is 1.33 bits per heavy atom. The lowest BCUT2D eigenvalue weighted by Gasteiger charge is -2.43. The summed E-state index contributed by atoms with van der Waals surface area (Å²) in [6.45, 7) is -0.147. The summed E-state index contributed by atoms with van der Waals surface area (Å²) >= 11 is 6.77. The summed E-state index contributed by atoms with van der Waals surface area (Å²) in [5.74, 6) is -1.25. The van der Waals surface area contributed by atoms with Crippen molar-refractivity contribution in [1.29, 1.82) is 0 Å². The molecule has 6 N–H and O–H groups in total. The van der Waals surface area contributed by atoms with E-state index in [0.29, 0.717) is 41.2 Å². The number of hydrogen-bond acceptors (Lipinski definition) is 10. The van der Waals surface area contributed by atoms with Crippen LogP contribution in [0, 0.1) is 0 Å². The van der Waals surface area contributed by atoms with Crippen LogP contribution in [0.2, 0.25) is 5.02 Å². The van der Waals surface area contributed by atoms with Crippen LogP contribution < -0.4 is 15.8 Å². The smallest absolute Gasteiger partial charge is 0.312 e. The lowest BCUT2D eigenvalue weighted by molar-refractivity contribution is -0.225. The van der Waals surface area contributed by atoms with E-state index in [1.807, 2.05) is 13.0 Å². The van der Waals surface area contributed by atoms with E-state index < -0.39 is 17.8 Å². The summed E-state index contributed by atoms with van der Waals surface area (Å²) in [6, 6.07) is 8.23. The lowest BCUT2D eigenvalue weighted by atomic mass is 9.86. The first kappa shape index (κ1) is 24.7. The molecule has 2 fully saturated rings. The number of carbonyl (C=O) groups excluding carboxylic acids is 1.